The highest BCUT2D eigenvalue weighted by molar-refractivity contribution is 5.96. The fourth-order valence-corrected chi connectivity index (χ4v) is 4.79. The maximum absolute atomic E-state index is 13.4. The number of hydrogen-bond donors (Lipinski definition) is 2. The van der Waals surface area contributed by atoms with Gasteiger partial charge in [0, 0.05) is 18.8 Å². The van der Waals surface area contributed by atoms with Gasteiger partial charge in [0.2, 0.25) is 0 Å². The molecule has 1 saturated heterocycles. The van der Waals surface area contributed by atoms with Gasteiger partial charge in [0.25, 0.3) is 11.5 Å². The third kappa shape index (κ3) is 5.97. The Morgan fingerprint density at radius 1 is 1.00 bits per heavy atom. The van der Waals surface area contributed by atoms with Crippen LogP contribution in [0.1, 0.15) is 80.4 Å². The first-order valence-corrected chi connectivity index (χ1v) is 11.9. The number of pyridine rings is 1. The normalized spacial score (nSPS) is 18.7. The minimum Gasteiger partial charge on any atom is -0.480 e. The van der Waals surface area contributed by atoms with E-state index in [2.05, 4.69) is 10.2 Å². The Kier molecular flexibility index (Phi) is 8.29. The Bertz CT molecular complexity index is 840. The molecule has 172 valence electrons. The van der Waals surface area contributed by atoms with Gasteiger partial charge in [0.15, 0.2) is 0 Å². The SMILES string of the molecule is CC(C)[C@H](NC(=O)c1cc2c(n(CCN3CCCCC3)c1=O)CCCCCC2)C(=O)O. The minimum absolute atomic E-state index is 0.0740. The number of rotatable bonds is 7. The second kappa shape index (κ2) is 10.9. The molecule has 7 nitrogen and oxygen atoms in total. The smallest absolute Gasteiger partial charge is 0.326 e. The summed E-state index contributed by atoms with van der Waals surface area (Å²) in [7, 11) is 0. The van der Waals surface area contributed by atoms with Crippen molar-refractivity contribution in [1.29, 1.82) is 0 Å². The maximum Gasteiger partial charge on any atom is 0.326 e. The molecule has 1 aliphatic heterocycles. The van der Waals surface area contributed by atoms with Crippen LogP contribution >= 0.6 is 0 Å². The van der Waals surface area contributed by atoms with Crippen molar-refractivity contribution >= 4 is 11.9 Å². The van der Waals surface area contributed by atoms with Gasteiger partial charge in [0.05, 0.1) is 0 Å². The van der Waals surface area contributed by atoms with Gasteiger partial charge in [-0.25, -0.2) is 4.79 Å². The summed E-state index contributed by atoms with van der Waals surface area (Å²) in [5.74, 6) is -1.94. The monoisotopic (exact) mass is 431 g/mol. The minimum atomic E-state index is -1.08. The van der Waals surface area contributed by atoms with E-state index >= 15 is 0 Å². The molecule has 0 unspecified atom stereocenters. The Balaban J connectivity index is 1.93. The number of nitrogens with zero attached hydrogens (tertiary/aromatic N) is 2. The number of amides is 1. The molecule has 1 atom stereocenters. The van der Waals surface area contributed by atoms with Crippen LogP contribution in [0.5, 0.6) is 0 Å². The fraction of sp³-hybridized carbons (Fsp3) is 0.708. The molecule has 2 N–H and O–H groups in total. The molecule has 1 aliphatic carbocycles. The van der Waals surface area contributed by atoms with E-state index in [0.717, 1.165) is 69.4 Å². The lowest BCUT2D eigenvalue weighted by Gasteiger charge is -2.28. The summed E-state index contributed by atoms with van der Waals surface area (Å²) >= 11 is 0. The Labute approximate surface area is 184 Å². The maximum atomic E-state index is 13.4. The quantitative estimate of drug-likeness (QED) is 0.693. The zero-order chi connectivity index (χ0) is 22.4. The van der Waals surface area contributed by atoms with E-state index in [1.807, 2.05) is 4.57 Å². The number of aromatic nitrogens is 1. The molecule has 31 heavy (non-hydrogen) atoms. The standard InChI is InChI=1S/C24H37N3O4/c1-17(2)21(24(30)31)25-22(28)19-16-18-10-6-3-4-7-11-20(18)27(23(19)29)15-14-26-12-8-5-9-13-26/h16-17,21H,3-15H2,1-2H3,(H,25,28)(H,30,31)/t21-/m0/s1. The molecule has 0 spiro atoms. The van der Waals surface area contributed by atoms with Crippen LogP contribution < -0.4 is 10.9 Å². The average Bonchev–Trinajstić information content (AvgIpc) is 2.72. The van der Waals surface area contributed by atoms with Crippen LogP contribution in [0.4, 0.5) is 0 Å². The van der Waals surface area contributed by atoms with Crippen molar-refractivity contribution in [2.45, 2.75) is 84.2 Å². The molecular weight excluding hydrogens is 394 g/mol. The molecule has 1 aromatic heterocycles. The number of likely N-dealkylation sites (tertiary alicyclic amines) is 1. The van der Waals surface area contributed by atoms with Crippen molar-refractivity contribution in [2.75, 3.05) is 19.6 Å². The predicted molar refractivity (Wildman–Crippen MR) is 121 cm³/mol. The second-order valence-electron chi connectivity index (χ2n) is 9.34. The lowest BCUT2D eigenvalue weighted by atomic mass is 9.95. The number of aryl methyl sites for hydroxylation is 1. The summed E-state index contributed by atoms with van der Waals surface area (Å²) in [6.07, 6.45) is 9.78. The van der Waals surface area contributed by atoms with Crippen LogP contribution in [0.25, 0.3) is 0 Å². The van der Waals surface area contributed by atoms with Gasteiger partial charge in [-0.15, -0.1) is 0 Å². The van der Waals surface area contributed by atoms with Crippen molar-refractivity contribution in [3.63, 3.8) is 0 Å². The average molecular weight is 432 g/mol. The lowest BCUT2D eigenvalue weighted by Crippen LogP contribution is -2.46. The molecule has 0 bridgehead atoms. The molecule has 7 heteroatoms. The topological polar surface area (TPSA) is 91.6 Å². The van der Waals surface area contributed by atoms with E-state index in [1.54, 1.807) is 19.9 Å². The molecule has 3 rings (SSSR count). The highest BCUT2D eigenvalue weighted by atomic mass is 16.4. The molecule has 0 radical (unpaired) electrons. The zero-order valence-electron chi connectivity index (χ0n) is 19.0. The first kappa shape index (κ1) is 23.5. The van der Waals surface area contributed by atoms with Crippen LogP contribution in [-0.4, -0.2) is 52.1 Å². The van der Waals surface area contributed by atoms with Crippen LogP contribution in [0.2, 0.25) is 0 Å². The number of aliphatic carboxylic acids is 1. The lowest BCUT2D eigenvalue weighted by molar-refractivity contribution is -0.140. The van der Waals surface area contributed by atoms with Gasteiger partial charge in [-0.1, -0.05) is 33.1 Å². The largest absolute Gasteiger partial charge is 0.480 e. The van der Waals surface area contributed by atoms with E-state index in [-0.39, 0.29) is 17.0 Å². The Morgan fingerprint density at radius 2 is 1.65 bits per heavy atom. The van der Waals surface area contributed by atoms with Crippen molar-refractivity contribution in [3.05, 3.63) is 33.2 Å². The van der Waals surface area contributed by atoms with Crippen LogP contribution in [0, 0.1) is 5.92 Å². The number of fused-ring (bicyclic) bond motifs is 1. The number of piperidine rings is 1. The molecule has 1 aromatic rings. The first-order valence-electron chi connectivity index (χ1n) is 11.9. The van der Waals surface area contributed by atoms with Gasteiger partial charge in [-0.3, -0.25) is 9.59 Å². The molecular formula is C24H37N3O4. The fourth-order valence-electron chi connectivity index (χ4n) is 4.79. The van der Waals surface area contributed by atoms with E-state index < -0.39 is 17.9 Å². The number of nitrogens with one attached hydrogen (secondary N) is 1. The van der Waals surface area contributed by atoms with Crippen LogP contribution in [0.15, 0.2) is 10.9 Å². The zero-order valence-corrected chi connectivity index (χ0v) is 19.0. The highest BCUT2D eigenvalue weighted by Crippen LogP contribution is 2.21. The summed E-state index contributed by atoms with van der Waals surface area (Å²) in [5.41, 5.74) is 1.92. The van der Waals surface area contributed by atoms with Gasteiger partial charge < -0.3 is 19.9 Å². The Hall–Kier alpha value is -2.15. The highest BCUT2D eigenvalue weighted by Gasteiger charge is 2.27. The summed E-state index contributed by atoms with van der Waals surface area (Å²) < 4.78 is 1.81. The molecule has 1 fully saturated rings. The predicted octanol–water partition coefficient (Wildman–Crippen LogP) is 2.83. The van der Waals surface area contributed by atoms with E-state index in [9.17, 15) is 19.5 Å². The van der Waals surface area contributed by atoms with Crippen molar-refractivity contribution in [3.8, 4) is 0 Å². The number of carboxylic acids is 1. The molecule has 0 aromatic carbocycles. The summed E-state index contributed by atoms with van der Waals surface area (Å²) in [6.45, 7) is 7.00. The third-order valence-corrected chi connectivity index (χ3v) is 6.65. The van der Waals surface area contributed by atoms with E-state index in [4.69, 9.17) is 0 Å². The second-order valence-corrected chi connectivity index (χ2v) is 9.34. The molecule has 2 heterocycles. The van der Waals surface area contributed by atoms with Crippen molar-refractivity contribution in [1.82, 2.24) is 14.8 Å². The summed E-state index contributed by atoms with van der Waals surface area (Å²) in [4.78, 5) is 40.3. The first-order chi connectivity index (χ1) is 14.9. The van der Waals surface area contributed by atoms with E-state index in [0.29, 0.717) is 6.54 Å². The summed E-state index contributed by atoms with van der Waals surface area (Å²) in [6, 6.07) is 0.713. The number of carboxylic acid groups (broad SMARTS) is 1. The third-order valence-electron chi connectivity index (χ3n) is 6.65. The Morgan fingerprint density at radius 3 is 2.29 bits per heavy atom. The van der Waals surface area contributed by atoms with Crippen LogP contribution in [-0.2, 0) is 24.2 Å². The number of hydrogen-bond acceptors (Lipinski definition) is 4. The number of carbonyl (C=O) groups is 2. The molecule has 0 saturated carbocycles. The number of carbonyl (C=O) groups excluding carboxylic acids is 1. The van der Waals surface area contributed by atoms with Gasteiger partial charge in [-0.2, -0.15) is 0 Å². The van der Waals surface area contributed by atoms with E-state index in [1.165, 1.54) is 19.3 Å². The summed E-state index contributed by atoms with van der Waals surface area (Å²) in [5, 5.41) is 12.0. The van der Waals surface area contributed by atoms with Crippen molar-refractivity contribution in [2.24, 2.45) is 5.92 Å². The van der Waals surface area contributed by atoms with Gasteiger partial charge >= 0.3 is 5.97 Å². The molecule has 2 aliphatic rings. The van der Waals surface area contributed by atoms with Gasteiger partial charge in [0.1, 0.15) is 11.6 Å². The molecule has 1 amide bonds. The van der Waals surface area contributed by atoms with Crippen LogP contribution in [0.3, 0.4) is 0 Å². The van der Waals surface area contributed by atoms with Gasteiger partial charge in [-0.05, 0) is 69.2 Å². The van der Waals surface area contributed by atoms with Crippen molar-refractivity contribution < 1.29 is 14.7 Å².